The van der Waals surface area contributed by atoms with E-state index in [4.69, 9.17) is 23.2 Å². The summed E-state index contributed by atoms with van der Waals surface area (Å²) >= 11 is 10.9. The molecule has 0 saturated heterocycles. The minimum absolute atomic E-state index is 0.0409. The summed E-state index contributed by atoms with van der Waals surface area (Å²) in [5.74, 6) is 0. The van der Waals surface area contributed by atoms with E-state index in [2.05, 4.69) is 5.10 Å². The molecule has 0 fully saturated rings. The number of nitrogens with one attached hydrogen (secondary N) is 1. The SMILES string of the molecule is Cn1[nH]c(=O)c(Cl)c1Cl. The predicted molar refractivity (Wildman–Crippen MR) is 36.1 cm³/mol. The van der Waals surface area contributed by atoms with Gasteiger partial charge >= 0.3 is 0 Å². The Bertz CT molecular complexity index is 275. The van der Waals surface area contributed by atoms with Gasteiger partial charge in [0.25, 0.3) is 5.56 Å². The number of hydrogen-bond acceptors (Lipinski definition) is 1. The summed E-state index contributed by atoms with van der Waals surface area (Å²) in [6.07, 6.45) is 0. The summed E-state index contributed by atoms with van der Waals surface area (Å²) in [5.41, 5.74) is -0.357. The van der Waals surface area contributed by atoms with Crippen molar-refractivity contribution in [3.05, 3.63) is 20.5 Å². The van der Waals surface area contributed by atoms with Gasteiger partial charge in [-0.25, -0.2) is 0 Å². The molecule has 5 heteroatoms. The number of aryl methyl sites for hydroxylation is 1. The molecule has 0 unspecified atom stereocenters. The van der Waals surface area contributed by atoms with E-state index in [9.17, 15) is 4.79 Å². The Morgan fingerprint density at radius 1 is 1.56 bits per heavy atom. The normalized spacial score (nSPS) is 10.1. The molecule has 50 valence electrons. The predicted octanol–water partition coefficient (Wildman–Crippen LogP) is 1.02. The fourth-order valence-corrected chi connectivity index (χ4v) is 0.789. The molecule has 0 atom stereocenters. The van der Waals surface area contributed by atoms with E-state index in [0.717, 1.165) is 0 Å². The Labute approximate surface area is 61.2 Å². The van der Waals surface area contributed by atoms with Gasteiger partial charge in [-0.1, -0.05) is 23.2 Å². The number of rotatable bonds is 0. The van der Waals surface area contributed by atoms with E-state index in [1.165, 1.54) is 4.68 Å². The molecule has 0 saturated carbocycles. The molecule has 0 spiro atoms. The first-order valence-electron chi connectivity index (χ1n) is 2.23. The third-order valence-electron chi connectivity index (χ3n) is 0.944. The van der Waals surface area contributed by atoms with E-state index in [1.54, 1.807) is 7.05 Å². The van der Waals surface area contributed by atoms with Crippen LogP contribution in [0.25, 0.3) is 0 Å². The van der Waals surface area contributed by atoms with Crippen LogP contribution < -0.4 is 5.56 Å². The molecule has 1 N–H and O–H groups in total. The summed E-state index contributed by atoms with van der Waals surface area (Å²) in [6, 6.07) is 0. The quantitative estimate of drug-likeness (QED) is 0.615. The molecule has 0 radical (unpaired) electrons. The lowest BCUT2D eigenvalue weighted by Gasteiger charge is -1.87. The Morgan fingerprint density at radius 3 is 2.22 bits per heavy atom. The summed E-state index contributed by atoms with van der Waals surface area (Å²) in [5, 5.41) is 2.65. The van der Waals surface area contributed by atoms with E-state index in [1.807, 2.05) is 0 Å². The molecule has 0 bridgehead atoms. The average Bonchev–Trinajstić information content (AvgIpc) is 1.98. The standard InChI is InChI=1S/C4H4Cl2N2O/c1-8-3(6)2(5)4(9)7-8/h1H3,(H,7,9). The molecule has 0 aliphatic heterocycles. The Kier molecular flexibility index (Phi) is 1.55. The minimum Gasteiger partial charge on any atom is -0.276 e. The van der Waals surface area contributed by atoms with Crippen LogP contribution in [0.1, 0.15) is 0 Å². The van der Waals surface area contributed by atoms with Crippen LogP contribution in [0.4, 0.5) is 0 Å². The van der Waals surface area contributed by atoms with Crippen molar-refractivity contribution in [1.29, 1.82) is 0 Å². The highest BCUT2D eigenvalue weighted by atomic mass is 35.5. The minimum atomic E-state index is -0.357. The van der Waals surface area contributed by atoms with Gasteiger partial charge in [-0.15, -0.1) is 0 Å². The van der Waals surface area contributed by atoms with Crippen LogP contribution in [0.15, 0.2) is 4.79 Å². The molecule has 0 aliphatic rings. The van der Waals surface area contributed by atoms with E-state index in [0.29, 0.717) is 0 Å². The van der Waals surface area contributed by atoms with Crippen molar-refractivity contribution in [1.82, 2.24) is 9.78 Å². The van der Waals surface area contributed by atoms with Crippen LogP contribution in [0.3, 0.4) is 0 Å². The van der Waals surface area contributed by atoms with E-state index < -0.39 is 0 Å². The second kappa shape index (κ2) is 2.08. The second-order valence-corrected chi connectivity index (χ2v) is 2.34. The van der Waals surface area contributed by atoms with Crippen molar-refractivity contribution in [2.24, 2.45) is 7.05 Å². The summed E-state index contributed by atoms with van der Waals surface area (Å²) < 4.78 is 1.35. The maximum atomic E-state index is 10.6. The van der Waals surface area contributed by atoms with Gasteiger partial charge in [-0.2, -0.15) is 0 Å². The van der Waals surface area contributed by atoms with Gasteiger partial charge in [0.15, 0.2) is 0 Å². The van der Waals surface area contributed by atoms with Crippen LogP contribution in [0.2, 0.25) is 10.2 Å². The zero-order valence-electron chi connectivity index (χ0n) is 4.61. The van der Waals surface area contributed by atoms with Crippen LogP contribution in [-0.2, 0) is 7.05 Å². The Balaban J connectivity index is 3.47. The number of aromatic nitrogens is 2. The number of nitrogens with zero attached hydrogens (tertiary/aromatic N) is 1. The van der Waals surface area contributed by atoms with Crippen molar-refractivity contribution >= 4 is 23.2 Å². The third-order valence-corrected chi connectivity index (χ3v) is 1.83. The molecule has 1 heterocycles. The molecular formula is C4H4Cl2N2O. The Hall–Kier alpha value is -0.410. The number of H-pyrrole nitrogens is 1. The van der Waals surface area contributed by atoms with Gasteiger partial charge in [0, 0.05) is 7.05 Å². The third kappa shape index (κ3) is 0.976. The molecular weight excluding hydrogens is 163 g/mol. The molecule has 0 aliphatic carbocycles. The van der Waals surface area contributed by atoms with Crippen molar-refractivity contribution in [2.75, 3.05) is 0 Å². The molecule has 0 amide bonds. The first-order chi connectivity index (χ1) is 4.13. The van der Waals surface area contributed by atoms with Gasteiger partial charge in [0.05, 0.1) is 0 Å². The first kappa shape index (κ1) is 6.71. The van der Waals surface area contributed by atoms with Gasteiger partial charge in [0.1, 0.15) is 10.2 Å². The highest BCUT2D eigenvalue weighted by Crippen LogP contribution is 2.14. The first-order valence-corrected chi connectivity index (χ1v) is 2.98. The molecule has 9 heavy (non-hydrogen) atoms. The van der Waals surface area contributed by atoms with Crippen LogP contribution >= 0.6 is 23.2 Å². The average molecular weight is 167 g/mol. The lowest BCUT2D eigenvalue weighted by atomic mass is 10.7. The van der Waals surface area contributed by atoms with Crippen LogP contribution in [0, 0.1) is 0 Å². The maximum Gasteiger partial charge on any atom is 0.284 e. The fraction of sp³-hybridized carbons (Fsp3) is 0.250. The van der Waals surface area contributed by atoms with Gasteiger partial charge in [-0.05, 0) is 0 Å². The lowest BCUT2D eigenvalue weighted by Crippen LogP contribution is -2.01. The van der Waals surface area contributed by atoms with Crippen molar-refractivity contribution in [2.45, 2.75) is 0 Å². The summed E-state index contributed by atoms with van der Waals surface area (Å²) in [6.45, 7) is 0. The van der Waals surface area contributed by atoms with Gasteiger partial charge in [0.2, 0.25) is 0 Å². The topological polar surface area (TPSA) is 37.8 Å². The second-order valence-electron chi connectivity index (χ2n) is 1.60. The summed E-state index contributed by atoms with van der Waals surface area (Å²) in [4.78, 5) is 10.6. The highest BCUT2D eigenvalue weighted by Gasteiger charge is 2.05. The summed E-state index contributed by atoms with van der Waals surface area (Å²) in [7, 11) is 1.61. The molecule has 1 aromatic rings. The van der Waals surface area contributed by atoms with E-state index in [-0.39, 0.29) is 15.7 Å². The smallest absolute Gasteiger partial charge is 0.276 e. The molecule has 0 aromatic carbocycles. The monoisotopic (exact) mass is 166 g/mol. The number of halogens is 2. The highest BCUT2D eigenvalue weighted by molar-refractivity contribution is 6.41. The van der Waals surface area contributed by atoms with Crippen molar-refractivity contribution in [3.63, 3.8) is 0 Å². The van der Waals surface area contributed by atoms with Crippen molar-refractivity contribution < 1.29 is 0 Å². The number of aromatic amines is 1. The van der Waals surface area contributed by atoms with Gasteiger partial charge < -0.3 is 0 Å². The lowest BCUT2D eigenvalue weighted by molar-refractivity contribution is 0.757. The van der Waals surface area contributed by atoms with Crippen LogP contribution in [0.5, 0.6) is 0 Å². The van der Waals surface area contributed by atoms with Crippen LogP contribution in [-0.4, -0.2) is 9.78 Å². The number of hydrogen-bond donors (Lipinski definition) is 1. The molecule has 1 rings (SSSR count). The fourth-order valence-electron chi connectivity index (χ4n) is 0.491. The van der Waals surface area contributed by atoms with Crippen molar-refractivity contribution in [3.8, 4) is 0 Å². The molecule has 1 aromatic heterocycles. The Morgan fingerprint density at radius 2 is 2.11 bits per heavy atom. The zero-order chi connectivity index (χ0) is 7.02. The van der Waals surface area contributed by atoms with E-state index >= 15 is 0 Å². The molecule has 3 nitrogen and oxygen atoms in total. The van der Waals surface area contributed by atoms with Gasteiger partial charge in [-0.3, -0.25) is 14.6 Å². The largest absolute Gasteiger partial charge is 0.284 e. The maximum absolute atomic E-state index is 10.6. The zero-order valence-corrected chi connectivity index (χ0v) is 6.12.